The summed E-state index contributed by atoms with van der Waals surface area (Å²) in [6.45, 7) is 0. The van der Waals surface area contributed by atoms with E-state index in [1.165, 1.54) is 10.8 Å². The molecule has 1 saturated heterocycles. The molecule has 0 saturated carbocycles. The fraction of sp³-hybridized carbons (Fsp3) is 0.417. The summed E-state index contributed by atoms with van der Waals surface area (Å²) < 4.78 is 6.93. The molecule has 1 aliphatic heterocycles. The third-order valence-electron chi connectivity index (χ3n) is 3.67. The average molecular weight is 291 g/mol. The molecule has 0 amide bonds. The van der Waals surface area contributed by atoms with Crippen molar-refractivity contribution in [3.05, 3.63) is 24.2 Å². The van der Waals surface area contributed by atoms with Crippen molar-refractivity contribution in [1.29, 1.82) is 5.26 Å². The van der Waals surface area contributed by atoms with Gasteiger partial charge in [0.25, 0.3) is 0 Å². The molecule has 3 rings (SSSR count). The van der Waals surface area contributed by atoms with Crippen LogP contribution in [0.15, 0.2) is 18.5 Å². The molecule has 0 aromatic carbocycles. The van der Waals surface area contributed by atoms with Gasteiger partial charge in [0.2, 0.25) is 5.60 Å². The van der Waals surface area contributed by atoms with E-state index in [1.54, 1.807) is 18.2 Å². The minimum atomic E-state index is -3.24. The van der Waals surface area contributed by atoms with E-state index in [-0.39, 0.29) is 6.42 Å². The lowest BCUT2D eigenvalue weighted by Crippen LogP contribution is -2.53. The normalized spacial score (nSPS) is 26.1. The van der Waals surface area contributed by atoms with Gasteiger partial charge < -0.3 is 25.8 Å². The summed E-state index contributed by atoms with van der Waals surface area (Å²) in [5.41, 5.74) is 4.80. The van der Waals surface area contributed by atoms with Gasteiger partial charge in [0.05, 0.1) is 5.69 Å². The molecule has 110 valence electrons. The Morgan fingerprint density at radius 3 is 2.86 bits per heavy atom. The molecule has 9 heteroatoms. The van der Waals surface area contributed by atoms with Gasteiger partial charge in [0, 0.05) is 6.42 Å². The zero-order valence-corrected chi connectivity index (χ0v) is 10.8. The van der Waals surface area contributed by atoms with Gasteiger partial charge in [0.1, 0.15) is 24.0 Å². The standard InChI is InChI=1S/C12H13N5O4/c13-5-11(12(18,19)20)4-3-9(21-11)7-1-2-8-10(14)15-6-16-17(7)8/h1-2,6,9,18-20H,3-4H2,(H2,14,15,16). The largest absolute Gasteiger partial charge is 0.382 e. The Morgan fingerprint density at radius 2 is 2.24 bits per heavy atom. The van der Waals surface area contributed by atoms with Crippen LogP contribution in [0.3, 0.4) is 0 Å². The van der Waals surface area contributed by atoms with Crippen molar-refractivity contribution in [1.82, 2.24) is 14.6 Å². The minimum absolute atomic E-state index is 0.0362. The maximum Gasteiger partial charge on any atom is 0.320 e. The molecule has 0 bridgehead atoms. The van der Waals surface area contributed by atoms with Crippen LogP contribution in [0.1, 0.15) is 24.6 Å². The van der Waals surface area contributed by atoms with Crippen LogP contribution in [0.5, 0.6) is 0 Å². The molecule has 2 aromatic heterocycles. The average Bonchev–Trinajstić information content (AvgIpc) is 3.02. The van der Waals surface area contributed by atoms with Crippen molar-refractivity contribution in [3.63, 3.8) is 0 Å². The number of nitrogen functional groups attached to an aromatic ring is 1. The monoisotopic (exact) mass is 291 g/mol. The van der Waals surface area contributed by atoms with E-state index in [0.717, 1.165) is 0 Å². The molecule has 1 fully saturated rings. The molecule has 2 unspecified atom stereocenters. The molecule has 2 atom stereocenters. The summed E-state index contributed by atoms with van der Waals surface area (Å²) in [5.74, 6) is -2.95. The molecule has 0 spiro atoms. The molecule has 0 radical (unpaired) electrons. The lowest BCUT2D eigenvalue weighted by atomic mass is 9.98. The molecular formula is C12H13N5O4. The van der Waals surface area contributed by atoms with Gasteiger partial charge in [0.15, 0.2) is 5.82 Å². The first-order chi connectivity index (χ1) is 9.88. The van der Waals surface area contributed by atoms with E-state index in [9.17, 15) is 15.3 Å². The zero-order valence-electron chi connectivity index (χ0n) is 10.8. The Hall–Kier alpha value is -2.25. The van der Waals surface area contributed by atoms with Crippen LogP contribution in [0.2, 0.25) is 0 Å². The van der Waals surface area contributed by atoms with Crippen molar-refractivity contribution in [2.24, 2.45) is 0 Å². The van der Waals surface area contributed by atoms with E-state index in [1.807, 2.05) is 0 Å². The molecule has 9 nitrogen and oxygen atoms in total. The number of ether oxygens (including phenoxy) is 1. The van der Waals surface area contributed by atoms with Crippen LogP contribution < -0.4 is 5.73 Å². The van der Waals surface area contributed by atoms with Crippen LogP contribution in [0.25, 0.3) is 5.52 Å². The molecule has 3 heterocycles. The number of aliphatic hydroxyl groups is 3. The van der Waals surface area contributed by atoms with Gasteiger partial charge in [-0.2, -0.15) is 10.4 Å². The van der Waals surface area contributed by atoms with Crippen LogP contribution in [0.4, 0.5) is 5.82 Å². The highest BCUT2D eigenvalue weighted by molar-refractivity contribution is 5.65. The second-order valence-electron chi connectivity index (χ2n) is 4.92. The lowest BCUT2D eigenvalue weighted by Gasteiger charge is -2.29. The number of aromatic nitrogens is 3. The van der Waals surface area contributed by atoms with Crippen LogP contribution in [-0.4, -0.2) is 41.5 Å². The topological polar surface area (TPSA) is 150 Å². The third kappa shape index (κ3) is 1.93. The fourth-order valence-electron chi connectivity index (χ4n) is 2.52. The zero-order chi connectivity index (χ0) is 15.3. The number of nitriles is 1. The number of hydrogen-bond acceptors (Lipinski definition) is 8. The Bertz CT molecular complexity index is 731. The quantitative estimate of drug-likeness (QED) is 0.517. The van der Waals surface area contributed by atoms with Crippen LogP contribution >= 0.6 is 0 Å². The van der Waals surface area contributed by atoms with Crippen LogP contribution in [-0.2, 0) is 4.74 Å². The highest BCUT2D eigenvalue weighted by atomic mass is 16.7. The highest BCUT2D eigenvalue weighted by Crippen LogP contribution is 2.43. The van der Waals surface area contributed by atoms with E-state index >= 15 is 0 Å². The van der Waals surface area contributed by atoms with Gasteiger partial charge >= 0.3 is 5.97 Å². The number of nitrogens with two attached hydrogens (primary N) is 1. The van der Waals surface area contributed by atoms with Crippen molar-refractivity contribution in [3.8, 4) is 6.07 Å². The summed E-state index contributed by atoms with van der Waals surface area (Å²) >= 11 is 0. The Balaban J connectivity index is 2.00. The number of fused-ring (bicyclic) bond motifs is 1. The number of rotatable bonds is 2. The first kappa shape index (κ1) is 13.7. The molecule has 1 aliphatic rings. The Labute approximate surface area is 118 Å². The van der Waals surface area contributed by atoms with Crippen molar-refractivity contribution >= 4 is 11.3 Å². The molecule has 5 N–H and O–H groups in total. The van der Waals surface area contributed by atoms with E-state index in [0.29, 0.717) is 23.4 Å². The molecule has 0 aliphatic carbocycles. The molecule has 2 aromatic rings. The van der Waals surface area contributed by atoms with Crippen LogP contribution in [0, 0.1) is 11.3 Å². The second kappa shape index (κ2) is 4.37. The van der Waals surface area contributed by atoms with E-state index in [2.05, 4.69) is 10.1 Å². The van der Waals surface area contributed by atoms with Gasteiger partial charge in [-0.3, -0.25) is 0 Å². The van der Waals surface area contributed by atoms with Crippen molar-refractivity contribution < 1.29 is 20.1 Å². The molecular weight excluding hydrogens is 278 g/mol. The Kier molecular flexibility index (Phi) is 2.86. The maximum absolute atomic E-state index is 9.35. The third-order valence-corrected chi connectivity index (χ3v) is 3.67. The SMILES string of the molecule is N#CC1(C(O)(O)O)CCC(c2ccc3c(N)ncnn23)O1. The lowest BCUT2D eigenvalue weighted by molar-refractivity contribution is -0.380. The van der Waals surface area contributed by atoms with E-state index in [4.69, 9.17) is 15.7 Å². The van der Waals surface area contributed by atoms with Crippen molar-refractivity contribution in [2.75, 3.05) is 5.73 Å². The molecule has 21 heavy (non-hydrogen) atoms. The fourth-order valence-corrected chi connectivity index (χ4v) is 2.52. The second-order valence-corrected chi connectivity index (χ2v) is 4.92. The van der Waals surface area contributed by atoms with Gasteiger partial charge in [-0.25, -0.2) is 9.50 Å². The summed E-state index contributed by atoms with van der Waals surface area (Å²) in [7, 11) is 0. The van der Waals surface area contributed by atoms with E-state index < -0.39 is 17.7 Å². The Morgan fingerprint density at radius 1 is 1.48 bits per heavy atom. The highest BCUT2D eigenvalue weighted by Gasteiger charge is 2.56. The predicted molar refractivity (Wildman–Crippen MR) is 68.2 cm³/mol. The summed E-state index contributed by atoms with van der Waals surface area (Å²) in [4.78, 5) is 3.86. The summed E-state index contributed by atoms with van der Waals surface area (Å²) in [6, 6.07) is 5.03. The predicted octanol–water partition coefficient (Wildman–Crippen LogP) is -0.944. The smallest absolute Gasteiger partial charge is 0.320 e. The van der Waals surface area contributed by atoms with Gasteiger partial charge in [-0.15, -0.1) is 0 Å². The number of nitrogens with zero attached hydrogens (tertiary/aromatic N) is 4. The first-order valence-corrected chi connectivity index (χ1v) is 6.22. The maximum atomic E-state index is 9.35. The number of anilines is 1. The minimum Gasteiger partial charge on any atom is -0.382 e. The van der Waals surface area contributed by atoms with Crippen molar-refractivity contribution in [2.45, 2.75) is 30.5 Å². The van der Waals surface area contributed by atoms with Gasteiger partial charge in [-0.1, -0.05) is 0 Å². The number of hydrogen-bond donors (Lipinski definition) is 4. The first-order valence-electron chi connectivity index (χ1n) is 6.22. The van der Waals surface area contributed by atoms with Gasteiger partial charge in [-0.05, 0) is 18.6 Å². The summed E-state index contributed by atoms with van der Waals surface area (Å²) in [6.07, 6.45) is 0.929. The summed E-state index contributed by atoms with van der Waals surface area (Å²) in [5, 5.41) is 41.2.